The molecule has 29 heavy (non-hydrogen) atoms. The van der Waals surface area contributed by atoms with Crippen molar-refractivity contribution >= 4 is 36.3 Å². The van der Waals surface area contributed by atoms with E-state index in [0.29, 0.717) is 17.2 Å². The van der Waals surface area contributed by atoms with Crippen molar-refractivity contribution in [1.29, 1.82) is 0 Å². The zero-order valence-electron chi connectivity index (χ0n) is 17.5. The molecule has 2 aromatic rings. The predicted molar refractivity (Wildman–Crippen MR) is 117 cm³/mol. The first-order valence-electron chi connectivity index (χ1n) is 9.98. The number of rotatable bonds is 2. The van der Waals surface area contributed by atoms with E-state index >= 15 is 0 Å². The number of nitrogen functional groups attached to an aromatic ring is 1. The van der Waals surface area contributed by atoms with Crippen molar-refractivity contribution < 1.29 is 19.1 Å². The fourth-order valence-corrected chi connectivity index (χ4v) is 5.84. The third-order valence-electron chi connectivity index (χ3n) is 6.23. The largest absolute Gasteiger partial charge is 0.507 e. The van der Waals surface area contributed by atoms with Gasteiger partial charge < -0.3 is 15.3 Å². The van der Waals surface area contributed by atoms with Crippen LogP contribution in [0.1, 0.15) is 41.0 Å². The molecule has 3 atom stereocenters. The van der Waals surface area contributed by atoms with E-state index in [1.54, 1.807) is 24.3 Å². The Kier molecular flexibility index (Phi) is 4.48. The van der Waals surface area contributed by atoms with Gasteiger partial charge in [-0.2, -0.15) is 0 Å². The summed E-state index contributed by atoms with van der Waals surface area (Å²) in [5.74, 6) is -1.69. The maximum Gasteiger partial charge on any atom is 0.184 e. The van der Waals surface area contributed by atoms with Gasteiger partial charge >= 0.3 is 0 Å². The molecule has 0 spiro atoms. The smallest absolute Gasteiger partial charge is 0.184 e. The normalized spacial score (nSPS) is 24.7. The number of allylic oxidation sites excluding steroid dienone is 1. The lowest BCUT2D eigenvalue weighted by molar-refractivity contribution is 0.0524. The van der Waals surface area contributed by atoms with Crippen molar-refractivity contribution in [3.8, 4) is 5.75 Å². The summed E-state index contributed by atoms with van der Waals surface area (Å²) in [6, 6.07) is 7.07. The zero-order chi connectivity index (χ0) is 21.2. The van der Waals surface area contributed by atoms with E-state index in [4.69, 9.17) is 10.2 Å². The van der Waals surface area contributed by atoms with Crippen LogP contribution < -0.4 is 5.73 Å². The fourth-order valence-electron chi connectivity index (χ4n) is 4.75. The molecule has 0 heterocycles. The number of Topliss-reactive ketones (excluding diaryl/α,β-unsaturated/α-hetero) is 2. The molecule has 3 N–H and O–H groups in total. The van der Waals surface area contributed by atoms with Crippen LogP contribution in [-0.2, 0) is 4.43 Å². The van der Waals surface area contributed by atoms with E-state index < -0.39 is 26.3 Å². The quantitative estimate of drug-likeness (QED) is 0.325. The van der Waals surface area contributed by atoms with E-state index in [0.717, 1.165) is 11.1 Å². The SMILES string of the molecule is CC1=C(C)[C@H](O[Si](C)(C)C)[C@@H]2C(=O)c3c(c(O)c4ccccc4c3N)C(=O)[C@@H]2C1. The van der Waals surface area contributed by atoms with Crippen LogP contribution in [0.5, 0.6) is 5.75 Å². The van der Waals surface area contributed by atoms with Gasteiger partial charge in [0.25, 0.3) is 0 Å². The third kappa shape index (κ3) is 2.93. The van der Waals surface area contributed by atoms with Crippen LogP contribution in [0.2, 0.25) is 19.6 Å². The Labute approximate surface area is 171 Å². The fraction of sp³-hybridized carbons (Fsp3) is 0.391. The first kappa shape index (κ1) is 19.9. The van der Waals surface area contributed by atoms with Crippen LogP contribution in [0, 0.1) is 11.8 Å². The second-order valence-corrected chi connectivity index (χ2v) is 13.7. The Morgan fingerprint density at radius 3 is 2.28 bits per heavy atom. The minimum Gasteiger partial charge on any atom is -0.507 e. The molecule has 0 radical (unpaired) electrons. The molecule has 0 unspecified atom stereocenters. The van der Waals surface area contributed by atoms with Crippen molar-refractivity contribution in [2.24, 2.45) is 11.8 Å². The number of nitrogens with two attached hydrogens (primary N) is 1. The summed E-state index contributed by atoms with van der Waals surface area (Å²) in [6.45, 7) is 10.2. The van der Waals surface area contributed by atoms with Gasteiger partial charge in [-0.15, -0.1) is 0 Å². The Bertz CT molecular complexity index is 1100. The van der Waals surface area contributed by atoms with Gasteiger partial charge in [0.1, 0.15) is 5.75 Å². The number of hydrogen-bond donors (Lipinski definition) is 2. The van der Waals surface area contributed by atoms with Crippen molar-refractivity contribution in [3.63, 3.8) is 0 Å². The van der Waals surface area contributed by atoms with Gasteiger partial charge in [0.15, 0.2) is 19.9 Å². The molecule has 6 heteroatoms. The predicted octanol–water partition coefficient (Wildman–Crippen LogP) is 4.70. The van der Waals surface area contributed by atoms with Crippen LogP contribution in [0.4, 0.5) is 5.69 Å². The van der Waals surface area contributed by atoms with Gasteiger partial charge in [-0.25, -0.2) is 0 Å². The molecule has 0 aliphatic heterocycles. The lowest BCUT2D eigenvalue weighted by Gasteiger charge is -2.43. The summed E-state index contributed by atoms with van der Waals surface area (Å²) < 4.78 is 6.43. The number of carbonyl (C=O) groups excluding carboxylic acids is 2. The highest BCUT2D eigenvalue weighted by Gasteiger charge is 2.51. The number of hydrogen-bond acceptors (Lipinski definition) is 5. The summed E-state index contributed by atoms with van der Waals surface area (Å²) in [6.07, 6.45) is 0.0659. The topological polar surface area (TPSA) is 89.6 Å². The van der Waals surface area contributed by atoms with Crippen LogP contribution in [0.3, 0.4) is 0 Å². The Morgan fingerprint density at radius 1 is 1.03 bits per heavy atom. The average Bonchev–Trinajstić information content (AvgIpc) is 2.65. The molecule has 2 aromatic carbocycles. The van der Waals surface area contributed by atoms with E-state index in [-0.39, 0.29) is 34.1 Å². The lowest BCUT2D eigenvalue weighted by Crippen LogP contribution is -2.50. The van der Waals surface area contributed by atoms with Crippen molar-refractivity contribution in [3.05, 3.63) is 46.5 Å². The van der Waals surface area contributed by atoms with Crippen molar-refractivity contribution in [2.45, 2.75) is 46.0 Å². The molecule has 2 aliphatic rings. The molecule has 4 rings (SSSR count). The summed E-state index contributed by atoms with van der Waals surface area (Å²) in [5.41, 5.74) is 8.99. The van der Waals surface area contributed by atoms with E-state index in [1.165, 1.54) is 0 Å². The molecule has 2 aliphatic carbocycles. The molecule has 0 fully saturated rings. The first-order valence-corrected chi connectivity index (χ1v) is 13.4. The average molecular weight is 410 g/mol. The van der Waals surface area contributed by atoms with Gasteiger partial charge in [-0.05, 0) is 45.5 Å². The molecule has 0 aromatic heterocycles. The van der Waals surface area contributed by atoms with Crippen LogP contribution in [-0.4, -0.2) is 31.1 Å². The molecule has 5 nitrogen and oxygen atoms in total. The minimum atomic E-state index is -1.98. The van der Waals surface area contributed by atoms with Gasteiger partial charge in [0.05, 0.1) is 28.8 Å². The van der Waals surface area contributed by atoms with E-state index in [9.17, 15) is 14.7 Å². The highest BCUT2D eigenvalue weighted by Crippen LogP contribution is 2.49. The number of benzene rings is 2. The summed E-state index contributed by atoms with van der Waals surface area (Å²) in [4.78, 5) is 27.3. The maximum absolute atomic E-state index is 13.7. The number of phenolic OH excluding ortho intramolecular Hbond substituents is 1. The molecular weight excluding hydrogens is 382 g/mol. The van der Waals surface area contributed by atoms with Crippen molar-refractivity contribution in [2.75, 3.05) is 5.73 Å². The van der Waals surface area contributed by atoms with Crippen LogP contribution >= 0.6 is 0 Å². The monoisotopic (exact) mass is 409 g/mol. The Balaban J connectivity index is 1.97. The molecular formula is C23H27NO4Si. The number of ketones is 2. The Morgan fingerprint density at radius 2 is 1.66 bits per heavy atom. The van der Waals surface area contributed by atoms with Crippen molar-refractivity contribution in [1.82, 2.24) is 0 Å². The highest BCUT2D eigenvalue weighted by atomic mass is 28.4. The lowest BCUT2D eigenvalue weighted by atomic mass is 9.64. The zero-order valence-corrected chi connectivity index (χ0v) is 18.5. The second kappa shape index (κ2) is 6.54. The minimum absolute atomic E-state index is 0.0755. The number of anilines is 1. The van der Waals surface area contributed by atoms with E-state index in [2.05, 4.69) is 19.6 Å². The molecule has 152 valence electrons. The maximum atomic E-state index is 13.7. The number of aromatic hydroxyl groups is 1. The standard InChI is InChI=1S/C23H27NO4Si/c1-11-10-15-16(23(12(11)2)28-29(3,4)5)22(27)17-18(21(15)26)20(25)14-9-7-6-8-13(14)19(17)24/h6-9,15-16,23,25H,10,24H2,1-5H3/t15-,16+,23+/m1/s1. The van der Waals surface area contributed by atoms with Gasteiger partial charge in [-0.1, -0.05) is 29.8 Å². The summed E-state index contributed by atoms with van der Waals surface area (Å²) >= 11 is 0. The van der Waals surface area contributed by atoms with Gasteiger partial charge in [0.2, 0.25) is 0 Å². The van der Waals surface area contributed by atoms with Crippen LogP contribution in [0.15, 0.2) is 35.4 Å². The molecule has 0 amide bonds. The molecule has 0 saturated carbocycles. The molecule has 0 saturated heterocycles. The first-order chi connectivity index (χ1) is 13.5. The molecule has 0 bridgehead atoms. The summed E-state index contributed by atoms with van der Waals surface area (Å²) in [7, 11) is -1.98. The Hall–Kier alpha value is -2.44. The van der Waals surface area contributed by atoms with Gasteiger partial charge in [-0.3, -0.25) is 9.59 Å². The summed E-state index contributed by atoms with van der Waals surface area (Å²) in [5, 5.41) is 12.0. The van der Waals surface area contributed by atoms with E-state index in [1.807, 2.05) is 13.8 Å². The third-order valence-corrected chi connectivity index (χ3v) is 7.19. The number of fused-ring (bicyclic) bond motifs is 3. The second-order valence-electron chi connectivity index (χ2n) is 9.24. The number of carbonyl (C=O) groups is 2. The van der Waals surface area contributed by atoms with Gasteiger partial charge in [0, 0.05) is 16.7 Å². The van der Waals surface area contributed by atoms with Crippen LogP contribution in [0.25, 0.3) is 10.8 Å². The highest BCUT2D eigenvalue weighted by molar-refractivity contribution is 6.69. The number of phenols is 1.